The van der Waals surface area contributed by atoms with Crippen LogP contribution in [-0.4, -0.2) is 29.1 Å². The van der Waals surface area contributed by atoms with Crippen molar-refractivity contribution in [2.24, 2.45) is 11.8 Å². The van der Waals surface area contributed by atoms with Crippen molar-refractivity contribution in [1.29, 1.82) is 0 Å². The number of carboxylic acids is 1. The van der Waals surface area contributed by atoms with E-state index in [4.69, 9.17) is 9.84 Å². The Hall–Kier alpha value is -2.04. The van der Waals surface area contributed by atoms with Gasteiger partial charge in [-0.15, -0.1) is 0 Å². The standard InChI is InChI=1S/C17H23NO4/c1-11(2)17(3,9-15(19)20)18-16(21)13-8-12-6-4-5-7-14(12)22-10-13/h4-7,11,13H,8-10H2,1-3H3,(H,18,21)(H,19,20). The van der Waals surface area contributed by atoms with E-state index in [1.54, 1.807) is 6.92 Å². The number of carboxylic acid groups (broad SMARTS) is 1. The van der Waals surface area contributed by atoms with Crippen molar-refractivity contribution in [3.63, 3.8) is 0 Å². The molecule has 1 aliphatic rings. The molecule has 2 rings (SSSR count). The van der Waals surface area contributed by atoms with Crippen molar-refractivity contribution in [2.45, 2.75) is 39.2 Å². The van der Waals surface area contributed by atoms with E-state index in [0.717, 1.165) is 11.3 Å². The van der Waals surface area contributed by atoms with Gasteiger partial charge in [-0.25, -0.2) is 0 Å². The van der Waals surface area contributed by atoms with Gasteiger partial charge in [-0.05, 0) is 30.9 Å². The molecule has 1 aromatic rings. The SMILES string of the molecule is CC(C)C(C)(CC(=O)O)NC(=O)C1COc2ccccc2C1. The number of aliphatic carboxylic acids is 1. The van der Waals surface area contributed by atoms with Gasteiger partial charge in [-0.2, -0.15) is 0 Å². The maximum Gasteiger partial charge on any atom is 0.305 e. The van der Waals surface area contributed by atoms with E-state index >= 15 is 0 Å². The minimum Gasteiger partial charge on any atom is -0.492 e. The second-order valence-corrected chi connectivity index (χ2v) is 6.45. The number of hydrogen-bond donors (Lipinski definition) is 2. The maximum absolute atomic E-state index is 12.5. The molecule has 2 unspecified atom stereocenters. The first kappa shape index (κ1) is 16.3. The van der Waals surface area contributed by atoms with E-state index in [1.807, 2.05) is 38.1 Å². The smallest absolute Gasteiger partial charge is 0.305 e. The highest BCUT2D eigenvalue weighted by molar-refractivity contribution is 5.81. The van der Waals surface area contributed by atoms with Crippen molar-refractivity contribution in [2.75, 3.05) is 6.61 Å². The number of nitrogens with one attached hydrogen (secondary N) is 1. The van der Waals surface area contributed by atoms with E-state index in [-0.39, 0.29) is 24.2 Å². The van der Waals surface area contributed by atoms with E-state index in [2.05, 4.69) is 5.32 Å². The Labute approximate surface area is 130 Å². The van der Waals surface area contributed by atoms with Crippen LogP contribution in [0.25, 0.3) is 0 Å². The zero-order valence-electron chi connectivity index (χ0n) is 13.3. The molecule has 0 aliphatic carbocycles. The van der Waals surface area contributed by atoms with E-state index < -0.39 is 11.5 Å². The Morgan fingerprint density at radius 3 is 2.73 bits per heavy atom. The largest absolute Gasteiger partial charge is 0.492 e. The number of fused-ring (bicyclic) bond motifs is 1. The molecule has 0 saturated heterocycles. The van der Waals surface area contributed by atoms with Crippen LogP contribution in [-0.2, 0) is 16.0 Å². The van der Waals surface area contributed by atoms with Gasteiger partial charge in [-0.1, -0.05) is 32.0 Å². The summed E-state index contributed by atoms with van der Waals surface area (Å²) < 4.78 is 5.64. The van der Waals surface area contributed by atoms with Gasteiger partial charge in [0.15, 0.2) is 0 Å². The quantitative estimate of drug-likeness (QED) is 0.875. The summed E-state index contributed by atoms with van der Waals surface area (Å²) in [7, 11) is 0. The number of para-hydroxylation sites is 1. The van der Waals surface area contributed by atoms with Crippen LogP contribution < -0.4 is 10.1 Å². The Bertz CT molecular complexity index is 570. The van der Waals surface area contributed by atoms with Crippen molar-refractivity contribution >= 4 is 11.9 Å². The Balaban J connectivity index is 2.07. The zero-order chi connectivity index (χ0) is 16.3. The van der Waals surface area contributed by atoms with Crippen LogP contribution in [0.4, 0.5) is 0 Å². The van der Waals surface area contributed by atoms with Gasteiger partial charge < -0.3 is 15.2 Å². The summed E-state index contributed by atoms with van der Waals surface area (Å²) in [4.78, 5) is 23.6. The summed E-state index contributed by atoms with van der Waals surface area (Å²) >= 11 is 0. The minimum absolute atomic E-state index is 0.0179. The molecule has 120 valence electrons. The molecule has 5 heteroatoms. The number of hydrogen-bond acceptors (Lipinski definition) is 3. The van der Waals surface area contributed by atoms with Crippen LogP contribution in [0, 0.1) is 11.8 Å². The Morgan fingerprint density at radius 1 is 1.41 bits per heavy atom. The average molecular weight is 305 g/mol. The fourth-order valence-electron chi connectivity index (χ4n) is 2.59. The van der Waals surface area contributed by atoms with Gasteiger partial charge in [0.05, 0.1) is 12.3 Å². The van der Waals surface area contributed by atoms with Crippen molar-refractivity contribution in [1.82, 2.24) is 5.32 Å². The maximum atomic E-state index is 12.5. The predicted octanol–water partition coefficient (Wildman–Crippen LogP) is 2.24. The molecule has 22 heavy (non-hydrogen) atoms. The van der Waals surface area contributed by atoms with Crippen molar-refractivity contribution in [3.8, 4) is 5.75 Å². The molecular weight excluding hydrogens is 282 g/mol. The summed E-state index contributed by atoms with van der Waals surface area (Å²) in [6.45, 7) is 5.93. The molecule has 5 nitrogen and oxygen atoms in total. The lowest BCUT2D eigenvalue weighted by molar-refractivity contribution is -0.140. The van der Waals surface area contributed by atoms with Crippen LogP contribution >= 0.6 is 0 Å². The average Bonchev–Trinajstić information content (AvgIpc) is 2.45. The third-order valence-electron chi connectivity index (χ3n) is 4.45. The molecule has 1 amide bonds. The molecule has 2 atom stereocenters. The zero-order valence-corrected chi connectivity index (χ0v) is 13.3. The first-order chi connectivity index (χ1) is 10.3. The lowest BCUT2D eigenvalue weighted by atomic mass is 9.84. The Kier molecular flexibility index (Phi) is 4.74. The summed E-state index contributed by atoms with van der Waals surface area (Å²) in [6.07, 6.45) is 0.518. The van der Waals surface area contributed by atoms with Crippen molar-refractivity contribution < 1.29 is 19.4 Å². The molecule has 0 spiro atoms. The molecule has 0 bridgehead atoms. The normalized spacial score (nSPS) is 19.7. The molecular formula is C17H23NO4. The number of benzene rings is 1. The molecule has 0 aromatic heterocycles. The van der Waals surface area contributed by atoms with Crippen LogP contribution in [0.5, 0.6) is 5.75 Å². The van der Waals surface area contributed by atoms with E-state index in [1.165, 1.54) is 0 Å². The highest BCUT2D eigenvalue weighted by atomic mass is 16.5. The minimum atomic E-state index is -0.915. The fraction of sp³-hybridized carbons (Fsp3) is 0.529. The first-order valence-electron chi connectivity index (χ1n) is 7.56. The summed E-state index contributed by atoms with van der Waals surface area (Å²) in [5.41, 5.74) is 0.248. The van der Waals surface area contributed by atoms with Crippen molar-refractivity contribution in [3.05, 3.63) is 29.8 Å². The van der Waals surface area contributed by atoms with Crippen LogP contribution in [0.15, 0.2) is 24.3 Å². The molecule has 0 radical (unpaired) electrons. The van der Waals surface area contributed by atoms with Gasteiger partial charge in [0.25, 0.3) is 0 Å². The third-order valence-corrected chi connectivity index (χ3v) is 4.45. The van der Waals surface area contributed by atoms with Crippen LogP contribution in [0.2, 0.25) is 0 Å². The topological polar surface area (TPSA) is 75.6 Å². The van der Waals surface area contributed by atoms with Crippen LogP contribution in [0.1, 0.15) is 32.8 Å². The molecule has 0 saturated carbocycles. The number of amides is 1. The lowest BCUT2D eigenvalue weighted by Gasteiger charge is -2.35. The lowest BCUT2D eigenvalue weighted by Crippen LogP contribution is -2.54. The van der Waals surface area contributed by atoms with E-state index in [0.29, 0.717) is 13.0 Å². The number of rotatable bonds is 5. The first-order valence-corrected chi connectivity index (χ1v) is 7.56. The predicted molar refractivity (Wildman–Crippen MR) is 82.8 cm³/mol. The van der Waals surface area contributed by atoms with Gasteiger partial charge in [0.1, 0.15) is 12.4 Å². The van der Waals surface area contributed by atoms with Gasteiger partial charge in [-0.3, -0.25) is 9.59 Å². The van der Waals surface area contributed by atoms with E-state index in [9.17, 15) is 9.59 Å². The fourth-order valence-corrected chi connectivity index (χ4v) is 2.59. The monoisotopic (exact) mass is 305 g/mol. The highest BCUT2D eigenvalue weighted by Gasteiger charge is 2.36. The number of carbonyl (C=O) groups is 2. The Morgan fingerprint density at radius 2 is 2.09 bits per heavy atom. The third kappa shape index (κ3) is 3.59. The highest BCUT2D eigenvalue weighted by Crippen LogP contribution is 2.28. The second kappa shape index (κ2) is 6.38. The molecule has 2 N–H and O–H groups in total. The molecule has 1 aliphatic heterocycles. The molecule has 1 heterocycles. The van der Waals surface area contributed by atoms with Gasteiger partial charge >= 0.3 is 5.97 Å². The second-order valence-electron chi connectivity index (χ2n) is 6.45. The summed E-state index contributed by atoms with van der Waals surface area (Å²) in [6, 6.07) is 7.67. The number of ether oxygens (including phenoxy) is 1. The summed E-state index contributed by atoms with van der Waals surface area (Å²) in [5.74, 6) is -0.511. The number of carbonyl (C=O) groups excluding carboxylic acids is 1. The molecule has 0 fully saturated rings. The van der Waals surface area contributed by atoms with Gasteiger partial charge in [0, 0.05) is 5.54 Å². The van der Waals surface area contributed by atoms with Crippen LogP contribution in [0.3, 0.4) is 0 Å². The molecule has 1 aromatic carbocycles. The summed E-state index contributed by atoms with van der Waals surface area (Å²) in [5, 5.41) is 12.0. The van der Waals surface area contributed by atoms with Gasteiger partial charge in [0.2, 0.25) is 5.91 Å².